The molecule has 27 heavy (non-hydrogen) atoms. The molecule has 150 valence electrons. The highest BCUT2D eigenvalue weighted by Gasteiger charge is 2.28. The molecule has 0 unspecified atom stereocenters. The molecule has 1 amide bonds. The van der Waals surface area contributed by atoms with E-state index in [1.807, 2.05) is 40.9 Å². The number of hydrogen-bond acceptors (Lipinski definition) is 7. The predicted molar refractivity (Wildman–Crippen MR) is 105 cm³/mol. The van der Waals surface area contributed by atoms with Crippen LogP contribution in [0.2, 0.25) is 0 Å². The number of carbonyl (C=O) groups excluding carboxylic acids is 1. The van der Waals surface area contributed by atoms with E-state index in [-0.39, 0.29) is 11.7 Å². The number of carbonyl (C=O) groups is 1. The van der Waals surface area contributed by atoms with Crippen molar-refractivity contribution in [3.05, 3.63) is 18.1 Å². The van der Waals surface area contributed by atoms with Crippen molar-refractivity contribution in [3.63, 3.8) is 0 Å². The minimum atomic E-state index is -0.607. The van der Waals surface area contributed by atoms with Crippen LogP contribution in [0.25, 0.3) is 0 Å². The summed E-state index contributed by atoms with van der Waals surface area (Å²) in [5.41, 5.74) is -0.607. The van der Waals surface area contributed by atoms with Crippen molar-refractivity contribution in [2.75, 3.05) is 38.7 Å². The Hall–Kier alpha value is -2.40. The molecule has 0 spiro atoms. The van der Waals surface area contributed by atoms with Crippen LogP contribution in [0.15, 0.2) is 12.3 Å². The molecule has 0 aliphatic carbocycles. The highest BCUT2D eigenvalue weighted by Crippen LogP contribution is 2.19. The summed E-state index contributed by atoms with van der Waals surface area (Å²) >= 11 is 0. The van der Waals surface area contributed by atoms with E-state index in [2.05, 4.69) is 28.7 Å². The molecule has 1 aromatic heterocycles. The molecule has 1 heterocycles. The largest absolute Gasteiger partial charge is 0.442 e. The zero-order valence-corrected chi connectivity index (χ0v) is 17.6. The third-order valence-electron chi connectivity index (χ3n) is 3.41. The lowest BCUT2D eigenvalue weighted by molar-refractivity contribution is 0.0211. The summed E-state index contributed by atoms with van der Waals surface area (Å²) in [4.78, 5) is 23.2. The number of aromatic nitrogens is 2. The molecular formula is C19H32N6O2. The minimum Gasteiger partial charge on any atom is -0.442 e. The van der Waals surface area contributed by atoms with E-state index in [9.17, 15) is 4.79 Å². The molecular weight excluding hydrogens is 344 g/mol. The fraction of sp³-hybridized carbons (Fsp3) is 0.684. The van der Waals surface area contributed by atoms with E-state index in [4.69, 9.17) is 10.00 Å². The summed E-state index contributed by atoms with van der Waals surface area (Å²) < 4.78 is 5.62. The van der Waals surface area contributed by atoms with Gasteiger partial charge in [-0.05, 0) is 53.8 Å². The minimum absolute atomic E-state index is 0.0682. The predicted octanol–water partition coefficient (Wildman–Crippen LogP) is 2.91. The summed E-state index contributed by atoms with van der Waals surface area (Å²) in [6, 6.07) is 3.65. The van der Waals surface area contributed by atoms with Crippen LogP contribution in [-0.2, 0) is 4.74 Å². The Labute approximate surface area is 162 Å². The van der Waals surface area contributed by atoms with Gasteiger partial charge >= 0.3 is 6.09 Å². The number of nitriles is 1. The molecule has 0 aromatic carbocycles. The first-order chi connectivity index (χ1) is 12.5. The van der Waals surface area contributed by atoms with Crippen LogP contribution in [-0.4, -0.2) is 65.3 Å². The number of amides is 1. The van der Waals surface area contributed by atoms with Gasteiger partial charge in [-0.2, -0.15) is 10.2 Å². The van der Waals surface area contributed by atoms with Gasteiger partial charge in [0.15, 0.2) is 5.82 Å². The molecule has 0 saturated heterocycles. The average Bonchev–Trinajstić information content (AvgIpc) is 2.55. The first-order valence-corrected chi connectivity index (χ1v) is 9.19. The lowest BCUT2D eigenvalue weighted by Crippen LogP contribution is -2.51. The number of ether oxygens (including phenoxy) is 1. The van der Waals surface area contributed by atoms with Gasteiger partial charge in [-0.25, -0.2) is 14.8 Å². The van der Waals surface area contributed by atoms with Gasteiger partial charge in [-0.3, -0.25) is 5.01 Å². The average molecular weight is 377 g/mol. The monoisotopic (exact) mass is 376 g/mol. The first kappa shape index (κ1) is 22.6. The van der Waals surface area contributed by atoms with Crippen LogP contribution in [0.4, 0.5) is 10.6 Å². The Bertz CT molecular complexity index is 648. The molecule has 0 bridgehead atoms. The van der Waals surface area contributed by atoms with Crippen molar-refractivity contribution in [1.29, 1.82) is 5.26 Å². The quantitative estimate of drug-likeness (QED) is 0.645. The normalized spacial score (nSPS) is 11.4. The lowest BCUT2D eigenvalue weighted by Gasteiger charge is -2.37. The Morgan fingerprint density at radius 3 is 2.48 bits per heavy atom. The molecule has 0 fully saturated rings. The molecule has 0 N–H and O–H groups in total. The van der Waals surface area contributed by atoms with E-state index in [0.717, 1.165) is 13.0 Å². The summed E-state index contributed by atoms with van der Waals surface area (Å²) in [6.07, 6.45) is 1.87. The Morgan fingerprint density at radius 2 is 1.96 bits per heavy atom. The van der Waals surface area contributed by atoms with Gasteiger partial charge in [0.2, 0.25) is 5.82 Å². The molecule has 0 aliphatic rings. The maximum atomic E-state index is 12.9. The maximum absolute atomic E-state index is 12.9. The van der Waals surface area contributed by atoms with Crippen molar-refractivity contribution < 1.29 is 9.53 Å². The Balaban J connectivity index is 3.21. The van der Waals surface area contributed by atoms with E-state index >= 15 is 0 Å². The number of nitrogens with zero attached hydrogens (tertiary/aromatic N) is 6. The van der Waals surface area contributed by atoms with Gasteiger partial charge in [0.25, 0.3) is 0 Å². The third-order valence-corrected chi connectivity index (χ3v) is 3.41. The van der Waals surface area contributed by atoms with Crippen molar-refractivity contribution in [1.82, 2.24) is 19.9 Å². The van der Waals surface area contributed by atoms with E-state index in [0.29, 0.717) is 18.9 Å². The highest BCUT2D eigenvalue weighted by molar-refractivity contribution is 5.70. The molecule has 1 aromatic rings. The van der Waals surface area contributed by atoms with Crippen molar-refractivity contribution in [2.24, 2.45) is 5.92 Å². The molecule has 8 nitrogen and oxygen atoms in total. The number of rotatable bonds is 8. The molecule has 1 rings (SSSR count). The fourth-order valence-electron chi connectivity index (χ4n) is 2.37. The molecule has 0 atom stereocenters. The number of hydrogen-bond donors (Lipinski definition) is 0. The molecule has 0 radical (unpaired) electrons. The second kappa shape index (κ2) is 10.1. The van der Waals surface area contributed by atoms with Crippen molar-refractivity contribution >= 4 is 11.9 Å². The molecule has 8 heteroatoms. The van der Waals surface area contributed by atoms with Gasteiger partial charge in [0, 0.05) is 25.4 Å². The van der Waals surface area contributed by atoms with Gasteiger partial charge in [-0.1, -0.05) is 13.8 Å². The van der Waals surface area contributed by atoms with Gasteiger partial charge in [0.05, 0.1) is 0 Å². The SMILES string of the molecule is CC(C)CN(c1ccnc(C#N)n1)N(CCCN(C)C)C(=O)OC(C)(C)C. The zero-order valence-electron chi connectivity index (χ0n) is 17.6. The highest BCUT2D eigenvalue weighted by atomic mass is 16.6. The summed E-state index contributed by atoms with van der Waals surface area (Å²) in [7, 11) is 3.99. The lowest BCUT2D eigenvalue weighted by atomic mass is 10.2. The summed E-state index contributed by atoms with van der Waals surface area (Å²) in [5, 5.41) is 12.5. The second-order valence-electron chi connectivity index (χ2n) is 8.09. The second-order valence-corrected chi connectivity index (χ2v) is 8.09. The summed E-state index contributed by atoms with van der Waals surface area (Å²) in [6.45, 7) is 11.5. The maximum Gasteiger partial charge on any atom is 0.429 e. The summed E-state index contributed by atoms with van der Waals surface area (Å²) in [5.74, 6) is 0.842. The van der Waals surface area contributed by atoms with Gasteiger partial charge in [0.1, 0.15) is 11.7 Å². The Kier molecular flexibility index (Phi) is 8.44. The van der Waals surface area contributed by atoms with Crippen LogP contribution < -0.4 is 5.01 Å². The van der Waals surface area contributed by atoms with Gasteiger partial charge < -0.3 is 9.64 Å². The van der Waals surface area contributed by atoms with Crippen LogP contribution in [0, 0.1) is 17.2 Å². The third kappa shape index (κ3) is 8.22. The first-order valence-electron chi connectivity index (χ1n) is 9.19. The molecule has 0 aliphatic heterocycles. The van der Waals surface area contributed by atoms with Gasteiger partial charge in [-0.15, -0.1) is 0 Å². The standard InChI is InChI=1S/C19H32N6O2/c1-15(2)14-25(17-9-10-21-16(13-20)22-17)24(12-8-11-23(6)7)18(26)27-19(3,4)5/h9-10,15H,8,11-12,14H2,1-7H3. The van der Waals surface area contributed by atoms with Crippen LogP contribution in [0.1, 0.15) is 46.9 Å². The number of anilines is 1. The van der Waals surface area contributed by atoms with Crippen molar-refractivity contribution in [2.45, 2.75) is 46.6 Å². The van der Waals surface area contributed by atoms with Crippen LogP contribution in [0.3, 0.4) is 0 Å². The molecule has 0 saturated carbocycles. The smallest absolute Gasteiger partial charge is 0.429 e. The fourth-order valence-corrected chi connectivity index (χ4v) is 2.37. The topological polar surface area (TPSA) is 85.6 Å². The Morgan fingerprint density at radius 1 is 1.30 bits per heavy atom. The van der Waals surface area contributed by atoms with E-state index in [1.54, 1.807) is 16.1 Å². The zero-order chi connectivity index (χ0) is 20.6. The van der Waals surface area contributed by atoms with Crippen LogP contribution >= 0.6 is 0 Å². The van der Waals surface area contributed by atoms with E-state index in [1.165, 1.54) is 6.20 Å². The van der Waals surface area contributed by atoms with Crippen molar-refractivity contribution in [3.8, 4) is 6.07 Å². The number of hydrazine groups is 1. The van der Waals surface area contributed by atoms with E-state index < -0.39 is 11.7 Å². The van der Waals surface area contributed by atoms with Crippen LogP contribution in [0.5, 0.6) is 0 Å².